The molecule has 0 amide bonds. The van der Waals surface area contributed by atoms with Gasteiger partial charge < -0.3 is 23.9 Å². The van der Waals surface area contributed by atoms with Crippen LogP contribution in [-0.4, -0.2) is 35.3 Å². The predicted octanol–water partition coefficient (Wildman–Crippen LogP) is 5.41. The van der Waals surface area contributed by atoms with Crippen molar-refractivity contribution >= 4 is 10.9 Å². The van der Waals surface area contributed by atoms with Crippen LogP contribution in [-0.2, 0) is 39.1 Å². The molecule has 1 aromatic heterocycles. The van der Waals surface area contributed by atoms with E-state index >= 15 is 0 Å². The first-order valence-electron chi connectivity index (χ1n) is 13.1. The van der Waals surface area contributed by atoms with E-state index in [0.29, 0.717) is 6.61 Å². The van der Waals surface area contributed by atoms with Crippen molar-refractivity contribution in [3.63, 3.8) is 0 Å². The summed E-state index contributed by atoms with van der Waals surface area (Å²) in [5, 5.41) is 11.4. The van der Waals surface area contributed by atoms with Gasteiger partial charge in [0.15, 0.2) is 11.5 Å². The van der Waals surface area contributed by atoms with E-state index in [1.54, 1.807) is 14.2 Å². The molecule has 6 heteroatoms. The fourth-order valence-electron chi connectivity index (χ4n) is 6.03. The van der Waals surface area contributed by atoms with Crippen molar-refractivity contribution in [2.24, 2.45) is 0 Å². The lowest BCUT2D eigenvalue weighted by Gasteiger charge is -2.41. The van der Waals surface area contributed by atoms with Crippen molar-refractivity contribution in [1.29, 1.82) is 0 Å². The Morgan fingerprint density at radius 3 is 2.49 bits per heavy atom. The van der Waals surface area contributed by atoms with Crippen molar-refractivity contribution < 1.29 is 19.3 Å². The van der Waals surface area contributed by atoms with Crippen LogP contribution in [0.15, 0.2) is 54.6 Å². The van der Waals surface area contributed by atoms with Crippen LogP contribution in [0.3, 0.4) is 0 Å². The Bertz CT molecular complexity index is 1440. The van der Waals surface area contributed by atoms with Crippen LogP contribution in [0.5, 0.6) is 17.2 Å². The summed E-state index contributed by atoms with van der Waals surface area (Å²) >= 11 is 0. The summed E-state index contributed by atoms with van der Waals surface area (Å²) in [7, 11) is 3.41. The molecule has 1 unspecified atom stereocenters. The summed E-state index contributed by atoms with van der Waals surface area (Å²) < 4.78 is 19.6. The highest BCUT2D eigenvalue weighted by atomic mass is 16.5. The van der Waals surface area contributed by atoms with Crippen LogP contribution < -0.4 is 14.2 Å². The predicted molar refractivity (Wildman–Crippen MR) is 144 cm³/mol. The zero-order chi connectivity index (χ0) is 25.5. The Hall–Kier alpha value is -3.48. The lowest BCUT2D eigenvalue weighted by molar-refractivity contribution is 0.145. The second-order valence-electron chi connectivity index (χ2n) is 9.98. The minimum absolute atomic E-state index is 0.0261. The van der Waals surface area contributed by atoms with Crippen LogP contribution in [0.2, 0.25) is 0 Å². The average Bonchev–Trinajstić information content (AvgIpc) is 3.26. The molecule has 0 saturated carbocycles. The summed E-state index contributed by atoms with van der Waals surface area (Å²) in [4.78, 5) is 2.53. The topological polar surface area (TPSA) is 56.1 Å². The van der Waals surface area contributed by atoms with Crippen molar-refractivity contribution in [3.8, 4) is 17.2 Å². The average molecular weight is 499 g/mol. The lowest BCUT2D eigenvalue weighted by atomic mass is 9.85. The fraction of sp³-hybridized carbons (Fsp3) is 0.355. The fourth-order valence-corrected chi connectivity index (χ4v) is 6.03. The number of fused-ring (bicyclic) bond motifs is 6. The number of aliphatic hydroxyl groups excluding tert-OH is 1. The quantitative estimate of drug-likeness (QED) is 0.370. The van der Waals surface area contributed by atoms with Gasteiger partial charge >= 0.3 is 0 Å². The maximum Gasteiger partial charge on any atom is 0.162 e. The van der Waals surface area contributed by atoms with Crippen molar-refractivity contribution in [1.82, 2.24) is 9.47 Å². The second-order valence-corrected chi connectivity index (χ2v) is 9.98. The van der Waals surface area contributed by atoms with E-state index in [4.69, 9.17) is 14.2 Å². The number of aromatic nitrogens is 1. The molecule has 0 saturated heterocycles. The second kappa shape index (κ2) is 9.77. The number of rotatable bonds is 7. The first kappa shape index (κ1) is 23.9. The number of benzene rings is 3. The molecule has 1 N–H and O–H groups in total. The van der Waals surface area contributed by atoms with E-state index in [9.17, 15) is 5.11 Å². The highest BCUT2D eigenvalue weighted by molar-refractivity contribution is 5.87. The third kappa shape index (κ3) is 4.14. The molecule has 0 fully saturated rings. The van der Waals surface area contributed by atoms with Gasteiger partial charge in [-0.15, -0.1) is 0 Å². The van der Waals surface area contributed by atoms with Gasteiger partial charge in [-0.3, -0.25) is 4.90 Å². The van der Waals surface area contributed by atoms with Crippen molar-refractivity contribution in [2.45, 2.75) is 52.1 Å². The van der Waals surface area contributed by atoms with Gasteiger partial charge in [-0.2, -0.15) is 0 Å². The third-order valence-corrected chi connectivity index (χ3v) is 8.10. The highest BCUT2D eigenvalue weighted by Crippen LogP contribution is 2.45. The molecule has 0 radical (unpaired) electrons. The number of nitrogens with zero attached hydrogens (tertiary/aromatic N) is 2. The Morgan fingerprint density at radius 1 is 0.946 bits per heavy atom. The van der Waals surface area contributed by atoms with E-state index in [1.807, 2.05) is 10.6 Å². The summed E-state index contributed by atoms with van der Waals surface area (Å²) in [6, 6.07) is 19.3. The van der Waals surface area contributed by atoms with Gasteiger partial charge in [0, 0.05) is 30.2 Å². The summed E-state index contributed by atoms with van der Waals surface area (Å²) in [5.74, 6) is 2.41. The van der Waals surface area contributed by atoms with Crippen molar-refractivity contribution in [2.75, 3.05) is 20.8 Å². The smallest absolute Gasteiger partial charge is 0.162 e. The molecule has 0 aliphatic carbocycles. The van der Waals surface area contributed by atoms with Crippen LogP contribution >= 0.6 is 0 Å². The van der Waals surface area contributed by atoms with Gasteiger partial charge in [0.2, 0.25) is 0 Å². The number of hydrogen-bond acceptors (Lipinski definition) is 5. The lowest BCUT2D eigenvalue weighted by Crippen LogP contribution is -2.39. The SMILES string of the molecule is CCc1ccc(COc2cc3c(cc2OC)CCN2Cc4c(c5cc(OC)ccc5n4CO)CC32)cc1. The van der Waals surface area contributed by atoms with Crippen LogP contribution in [0.1, 0.15) is 46.5 Å². The van der Waals surface area contributed by atoms with Crippen LogP contribution in [0.4, 0.5) is 0 Å². The molecule has 192 valence electrons. The van der Waals surface area contributed by atoms with Crippen molar-refractivity contribution in [3.05, 3.63) is 88.1 Å². The molecule has 0 bridgehead atoms. The maximum atomic E-state index is 10.2. The molecule has 3 heterocycles. The largest absolute Gasteiger partial charge is 0.497 e. The molecule has 2 aliphatic heterocycles. The molecule has 1 atom stereocenters. The first-order valence-corrected chi connectivity index (χ1v) is 13.1. The Kier molecular flexibility index (Phi) is 6.31. The van der Waals surface area contributed by atoms with E-state index in [-0.39, 0.29) is 12.8 Å². The molecule has 4 aromatic rings. The summed E-state index contributed by atoms with van der Waals surface area (Å²) in [5.41, 5.74) is 8.66. The first-order chi connectivity index (χ1) is 18.1. The third-order valence-electron chi connectivity index (χ3n) is 8.10. The zero-order valence-electron chi connectivity index (χ0n) is 21.8. The molecule has 6 nitrogen and oxygen atoms in total. The normalized spacial score (nSPS) is 16.7. The number of hydrogen-bond donors (Lipinski definition) is 1. The van der Waals surface area contributed by atoms with Gasteiger partial charge in [0.05, 0.1) is 19.7 Å². The molecule has 0 spiro atoms. The van der Waals surface area contributed by atoms with Gasteiger partial charge in [-0.25, -0.2) is 0 Å². The van der Waals surface area contributed by atoms with E-state index in [1.165, 1.54) is 27.9 Å². The van der Waals surface area contributed by atoms with Crippen LogP contribution in [0, 0.1) is 0 Å². The molecule has 6 rings (SSSR count). The molecular weight excluding hydrogens is 464 g/mol. The summed E-state index contributed by atoms with van der Waals surface area (Å²) in [6.45, 7) is 4.42. The van der Waals surface area contributed by atoms with Crippen LogP contribution in [0.25, 0.3) is 10.9 Å². The van der Waals surface area contributed by atoms with Gasteiger partial charge in [0.1, 0.15) is 19.1 Å². The number of ether oxygens (including phenoxy) is 3. The minimum Gasteiger partial charge on any atom is -0.497 e. The molecule has 2 aliphatic rings. The monoisotopic (exact) mass is 498 g/mol. The van der Waals surface area contributed by atoms with E-state index in [2.05, 4.69) is 60.4 Å². The Balaban J connectivity index is 1.35. The van der Waals surface area contributed by atoms with Gasteiger partial charge in [0.25, 0.3) is 0 Å². The Morgan fingerprint density at radius 2 is 1.76 bits per heavy atom. The maximum absolute atomic E-state index is 10.2. The molecular formula is C31H34N2O4. The zero-order valence-corrected chi connectivity index (χ0v) is 21.8. The number of aryl methyl sites for hydroxylation is 1. The molecule has 3 aromatic carbocycles. The minimum atomic E-state index is -0.0261. The van der Waals surface area contributed by atoms with Gasteiger partial charge in [-0.1, -0.05) is 31.2 Å². The number of methoxy groups -OCH3 is 2. The standard InChI is InChI=1S/C31H34N2O4/c1-4-20-5-7-21(8-6-20)18-37-31-16-24-22(13-30(31)36-3)11-12-32-17-29-26(15-28(24)32)25-14-23(35-2)9-10-27(25)33(29)19-34/h5-10,13-14,16,28,34H,4,11-12,15,17-19H2,1-3H3. The number of aliphatic hydroxyl groups is 1. The van der Waals surface area contributed by atoms with Gasteiger partial charge in [-0.05, 0) is 77.4 Å². The van der Waals surface area contributed by atoms with E-state index in [0.717, 1.165) is 66.1 Å². The van der Waals surface area contributed by atoms with E-state index < -0.39 is 0 Å². The molecule has 37 heavy (non-hydrogen) atoms. The Labute approximate surface area is 218 Å². The summed E-state index contributed by atoms with van der Waals surface area (Å²) in [6.07, 6.45) is 2.87. The highest BCUT2D eigenvalue weighted by Gasteiger charge is 2.36.